The summed E-state index contributed by atoms with van der Waals surface area (Å²) in [5.41, 5.74) is 5.29. The molecule has 0 aliphatic carbocycles. The summed E-state index contributed by atoms with van der Waals surface area (Å²) < 4.78 is 5.95. The molecule has 6 nitrogen and oxygen atoms in total. The monoisotopic (exact) mass is 529 g/mol. The second-order valence-corrected chi connectivity index (χ2v) is 10.3. The zero-order chi connectivity index (χ0) is 26.6. The molecular formula is C31H32ClN3O3. The first-order valence-electron chi connectivity index (χ1n) is 13.1. The maximum atomic E-state index is 13.7. The van der Waals surface area contributed by atoms with Crippen LogP contribution in [0.25, 0.3) is 11.3 Å². The minimum atomic E-state index is -0.399. The molecule has 196 valence electrons. The fourth-order valence-electron chi connectivity index (χ4n) is 4.96. The number of aromatic amines is 1. The highest BCUT2D eigenvalue weighted by molar-refractivity contribution is 6.31. The number of halogens is 1. The van der Waals surface area contributed by atoms with E-state index in [9.17, 15) is 9.90 Å². The van der Waals surface area contributed by atoms with E-state index in [1.807, 2.05) is 60.4 Å². The third-order valence-electron chi connectivity index (χ3n) is 7.01. The highest BCUT2D eigenvalue weighted by Gasteiger charge is 2.42. The van der Waals surface area contributed by atoms with Gasteiger partial charge in [-0.3, -0.25) is 9.89 Å². The summed E-state index contributed by atoms with van der Waals surface area (Å²) in [6.45, 7) is 5.36. The lowest BCUT2D eigenvalue weighted by molar-refractivity contribution is 0.0730. The van der Waals surface area contributed by atoms with E-state index in [1.54, 1.807) is 18.2 Å². The Balaban J connectivity index is 1.51. The molecule has 1 atom stereocenters. The number of phenols is 1. The number of aromatic hydroxyl groups is 1. The number of carbonyl (C=O) groups excluding carboxylic acids is 1. The summed E-state index contributed by atoms with van der Waals surface area (Å²) in [6.07, 6.45) is 4.60. The van der Waals surface area contributed by atoms with Crippen molar-refractivity contribution >= 4 is 17.5 Å². The standard InChI is InChI=1S/C31H32ClN3O3/c1-3-4-5-6-17-38-24-14-11-22(12-15-24)30-27-28(25-18-23(32)13-16-26(25)36)33-34-29(27)31(37)35(30)19-21-9-7-20(2)8-10-21/h7-16,18,30,36H,3-6,17,19H2,1-2H3,(H,33,34). The zero-order valence-electron chi connectivity index (χ0n) is 21.7. The molecule has 4 aromatic rings. The van der Waals surface area contributed by atoms with E-state index in [4.69, 9.17) is 16.3 Å². The fraction of sp³-hybridized carbons (Fsp3) is 0.290. The number of carbonyl (C=O) groups is 1. The highest BCUT2D eigenvalue weighted by Crippen LogP contribution is 2.45. The molecule has 1 aliphatic rings. The predicted molar refractivity (Wildman–Crippen MR) is 150 cm³/mol. The van der Waals surface area contributed by atoms with Gasteiger partial charge in [0.1, 0.15) is 22.9 Å². The van der Waals surface area contributed by atoms with Crippen molar-refractivity contribution in [3.8, 4) is 22.8 Å². The fourth-order valence-corrected chi connectivity index (χ4v) is 5.14. The molecule has 0 saturated heterocycles. The molecule has 5 rings (SSSR count). The van der Waals surface area contributed by atoms with Gasteiger partial charge in [-0.15, -0.1) is 0 Å². The zero-order valence-corrected chi connectivity index (χ0v) is 22.5. The van der Waals surface area contributed by atoms with E-state index >= 15 is 0 Å². The van der Waals surface area contributed by atoms with E-state index in [-0.39, 0.29) is 11.7 Å². The second kappa shape index (κ2) is 11.3. The first kappa shape index (κ1) is 25.9. The normalized spacial score (nSPS) is 14.7. The number of hydrogen-bond acceptors (Lipinski definition) is 4. The van der Waals surface area contributed by atoms with Crippen LogP contribution in [-0.4, -0.2) is 32.7 Å². The van der Waals surface area contributed by atoms with Crippen LogP contribution in [0.4, 0.5) is 0 Å². The van der Waals surface area contributed by atoms with Gasteiger partial charge in [-0.05, 0) is 54.8 Å². The van der Waals surface area contributed by atoms with Gasteiger partial charge in [-0.25, -0.2) is 0 Å². The molecule has 0 bridgehead atoms. The Morgan fingerprint density at radius 3 is 2.53 bits per heavy atom. The Kier molecular flexibility index (Phi) is 7.70. The van der Waals surface area contributed by atoms with Gasteiger partial charge in [0.15, 0.2) is 0 Å². The first-order chi connectivity index (χ1) is 18.5. The van der Waals surface area contributed by atoms with Crippen LogP contribution >= 0.6 is 11.6 Å². The molecule has 0 spiro atoms. The Labute approximate surface area is 228 Å². The van der Waals surface area contributed by atoms with E-state index in [0.29, 0.717) is 35.1 Å². The van der Waals surface area contributed by atoms with Crippen LogP contribution in [0.2, 0.25) is 5.02 Å². The number of rotatable bonds is 10. The number of hydrogen-bond donors (Lipinski definition) is 2. The maximum absolute atomic E-state index is 13.7. The molecule has 2 N–H and O–H groups in total. The molecule has 0 radical (unpaired) electrons. The van der Waals surface area contributed by atoms with Crippen LogP contribution in [0.5, 0.6) is 11.5 Å². The molecule has 2 heterocycles. The number of unbranched alkanes of at least 4 members (excludes halogenated alkanes) is 3. The van der Waals surface area contributed by atoms with Gasteiger partial charge in [0.05, 0.1) is 12.6 Å². The largest absolute Gasteiger partial charge is 0.507 e. The van der Waals surface area contributed by atoms with E-state index in [2.05, 4.69) is 17.1 Å². The third kappa shape index (κ3) is 5.27. The molecular weight excluding hydrogens is 498 g/mol. The first-order valence-corrected chi connectivity index (χ1v) is 13.5. The number of benzene rings is 3. The van der Waals surface area contributed by atoms with Gasteiger partial charge in [0.25, 0.3) is 5.91 Å². The van der Waals surface area contributed by atoms with Gasteiger partial charge in [-0.1, -0.05) is 79.7 Å². The number of H-pyrrole nitrogens is 1. The molecule has 7 heteroatoms. The summed E-state index contributed by atoms with van der Waals surface area (Å²) in [5.74, 6) is 0.723. The van der Waals surface area contributed by atoms with Crippen LogP contribution in [-0.2, 0) is 6.54 Å². The van der Waals surface area contributed by atoms with Gasteiger partial charge in [0.2, 0.25) is 0 Å². The summed E-state index contributed by atoms with van der Waals surface area (Å²) in [6, 6.07) is 20.6. The van der Waals surface area contributed by atoms with Crippen LogP contribution in [0.3, 0.4) is 0 Å². The summed E-state index contributed by atoms with van der Waals surface area (Å²) in [5, 5.41) is 18.5. The van der Waals surface area contributed by atoms with E-state index < -0.39 is 6.04 Å². The number of phenolic OH excluding ortho intramolecular Hbond substituents is 1. The summed E-state index contributed by atoms with van der Waals surface area (Å²) in [4.78, 5) is 15.5. The van der Waals surface area contributed by atoms with E-state index in [0.717, 1.165) is 40.8 Å². The number of aryl methyl sites for hydroxylation is 1. The van der Waals surface area contributed by atoms with Crippen molar-refractivity contribution in [2.24, 2.45) is 0 Å². The molecule has 38 heavy (non-hydrogen) atoms. The maximum Gasteiger partial charge on any atom is 0.273 e. The van der Waals surface area contributed by atoms with Crippen LogP contribution in [0.1, 0.15) is 71.4 Å². The van der Waals surface area contributed by atoms with Crippen molar-refractivity contribution in [1.82, 2.24) is 15.1 Å². The van der Waals surface area contributed by atoms with Crippen LogP contribution in [0, 0.1) is 6.92 Å². The average molecular weight is 530 g/mol. The number of nitrogens with zero attached hydrogens (tertiary/aromatic N) is 2. The van der Waals surface area contributed by atoms with Crippen molar-refractivity contribution < 1.29 is 14.6 Å². The lowest BCUT2D eigenvalue weighted by Crippen LogP contribution is -2.29. The van der Waals surface area contributed by atoms with Gasteiger partial charge in [-0.2, -0.15) is 5.10 Å². The van der Waals surface area contributed by atoms with Crippen molar-refractivity contribution in [1.29, 1.82) is 0 Å². The van der Waals surface area contributed by atoms with Crippen molar-refractivity contribution in [3.63, 3.8) is 0 Å². The summed E-state index contributed by atoms with van der Waals surface area (Å²) in [7, 11) is 0. The number of fused-ring (bicyclic) bond motifs is 1. The number of amides is 1. The Morgan fingerprint density at radius 1 is 1.03 bits per heavy atom. The van der Waals surface area contributed by atoms with Crippen molar-refractivity contribution in [2.45, 2.75) is 52.1 Å². The molecule has 3 aromatic carbocycles. The molecule has 0 fully saturated rings. The smallest absolute Gasteiger partial charge is 0.273 e. The third-order valence-corrected chi connectivity index (χ3v) is 7.25. The van der Waals surface area contributed by atoms with Crippen LogP contribution < -0.4 is 4.74 Å². The number of ether oxygens (including phenoxy) is 1. The van der Waals surface area contributed by atoms with Crippen molar-refractivity contribution in [2.75, 3.05) is 6.61 Å². The second-order valence-electron chi connectivity index (χ2n) is 9.82. The average Bonchev–Trinajstić information content (AvgIpc) is 3.46. The van der Waals surface area contributed by atoms with Crippen molar-refractivity contribution in [3.05, 3.63) is 99.7 Å². The Hall–Kier alpha value is -3.77. The number of nitrogens with one attached hydrogen (secondary N) is 1. The molecule has 1 unspecified atom stereocenters. The predicted octanol–water partition coefficient (Wildman–Crippen LogP) is 7.45. The van der Waals surface area contributed by atoms with Gasteiger partial charge < -0.3 is 14.7 Å². The van der Waals surface area contributed by atoms with Gasteiger partial charge in [0, 0.05) is 22.7 Å². The van der Waals surface area contributed by atoms with Gasteiger partial charge >= 0.3 is 0 Å². The molecule has 0 saturated carbocycles. The highest BCUT2D eigenvalue weighted by atomic mass is 35.5. The summed E-state index contributed by atoms with van der Waals surface area (Å²) >= 11 is 6.26. The molecule has 1 aliphatic heterocycles. The molecule has 1 amide bonds. The van der Waals surface area contributed by atoms with Crippen LogP contribution in [0.15, 0.2) is 66.7 Å². The minimum absolute atomic E-state index is 0.0544. The lowest BCUT2D eigenvalue weighted by atomic mass is 9.95. The topological polar surface area (TPSA) is 78.5 Å². The Morgan fingerprint density at radius 2 is 1.79 bits per heavy atom. The minimum Gasteiger partial charge on any atom is -0.507 e. The van der Waals surface area contributed by atoms with E-state index in [1.165, 1.54) is 12.8 Å². The lowest BCUT2D eigenvalue weighted by Gasteiger charge is -2.27. The molecule has 1 aromatic heterocycles. The number of aromatic nitrogens is 2. The quantitative estimate of drug-likeness (QED) is 0.209. The SMILES string of the molecule is CCCCCCOc1ccc(C2c3c(-c4cc(Cl)ccc4O)n[nH]c3C(=O)N2Cc2ccc(C)cc2)cc1. The Bertz CT molecular complexity index is 1410.